The van der Waals surface area contributed by atoms with Gasteiger partial charge in [-0.15, -0.1) is 11.3 Å². The summed E-state index contributed by atoms with van der Waals surface area (Å²) >= 11 is 1.28. The quantitative estimate of drug-likeness (QED) is 0.597. The Balaban J connectivity index is 1.88. The molecule has 2 aromatic carbocycles. The number of thiophene rings is 1. The van der Waals surface area contributed by atoms with E-state index in [1.165, 1.54) is 24.5 Å². The molecule has 0 aliphatic rings. The number of carbonyl (C=O) groups is 1. The lowest BCUT2D eigenvalue weighted by molar-refractivity contribution is 0.0941. The Hall–Kier alpha value is -2.48. The van der Waals surface area contributed by atoms with E-state index in [1.807, 2.05) is 49.3 Å². The summed E-state index contributed by atoms with van der Waals surface area (Å²) in [6, 6.07) is 12.5. The molecule has 0 saturated carbocycles. The molecular formula is C22H25FN2O3S. The van der Waals surface area contributed by atoms with Crippen LogP contribution in [0, 0.1) is 5.82 Å². The zero-order chi connectivity index (χ0) is 21.0. The van der Waals surface area contributed by atoms with Crippen molar-refractivity contribution in [3.8, 4) is 5.75 Å². The van der Waals surface area contributed by atoms with E-state index in [-0.39, 0.29) is 24.4 Å². The van der Waals surface area contributed by atoms with Crippen molar-refractivity contribution in [2.24, 2.45) is 0 Å². The number of para-hydroxylation sites is 1. The van der Waals surface area contributed by atoms with Gasteiger partial charge in [0.2, 0.25) is 0 Å². The molecule has 3 aromatic rings. The number of hydrogen-bond donors (Lipinski definition) is 1. The van der Waals surface area contributed by atoms with Gasteiger partial charge in [-0.3, -0.25) is 4.79 Å². The first-order valence-corrected chi connectivity index (χ1v) is 10.1. The lowest BCUT2D eigenvalue weighted by Crippen LogP contribution is -2.34. The number of carbonyl (C=O) groups excluding carboxylic acids is 1. The largest absolute Gasteiger partial charge is 0.496 e. The van der Waals surface area contributed by atoms with Gasteiger partial charge >= 0.3 is 0 Å². The summed E-state index contributed by atoms with van der Waals surface area (Å²) in [6.45, 7) is 0.558. The average molecular weight is 417 g/mol. The van der Waals surface area contributed by atoms with Crippen molar-refractivity contribution in [3.63, 3.8) is 0 Å². The molecule has 0 aliphatic carbocycles. The van der Waals surface area contributed by atoms with Crippen molar-refractivity contribution >= 4 is 27.3 Å². The highest BCUT2D eigenvalue weighted by molar-refractivity contribution is 7.21. The minimum atomic E-state index is -0.343. The average Bonchev–Trinajstić information content (AvgIpc) is 3.08. The molecule has 0 radical (unpaired) electrons. The predicted octanol–water partition coefficient (Wildman–Crippen LogP) is 4.23. The Morgan fingerprint density at radius 1 is 1.17 bits per heavy atom. The van der Waals surface area contributed by atoms with Gasteiger partial charge in [0, 0.05) is 34.9 Å². The molecule has 5 nitrogen and oxygen atoms in total. The number of likely N-dealkylation sites (N-methyl/N-ethyl adjacent to an activating group) is 1. The van der Waals surface area contributed by atoms with Crippen molar-refractivity contribution < 1.29 is 18.7 Å². The van der Waals surface area contributed by atoms with Gasteiger partial charge in [-0.1, -0.05) is 24.3 Å². The molecule has 0 fully saturated rings. The summed E-state index contributed by atoms with van der Waals surface area (Å²) in [5, 5.41) is 3.46. The van der Waals surface area contributed by atoms with Gasteiger partial charge in [-0.05, 0) is 32.3 Å². The molecule has 0 aliphatic heterocycles. The van der Waals surface area contributed by atoms with E-state index in [1.54, 1.807) is 13.2 Å². The number of nitrogens with one attached hydrogen (secondary N) is 1. The first-order valence-electron chi connectivity index (χ1n) is 9.24. The highest BCUT2D eigenvalue weighted by atomic mass is 32.1. The third-order valence-corrected chi connectivity index (χ3v) is 6.03. The van der Waals surface area contributed by atoms with E-state index < -0.39 is 0 Å². The first kappa shape index (κ1) is 21.2. The number of methoxy groups -OCH3 is 2. The molecule has 1 N–H and O–H groups in total. The van der Waals surface area contributed by atoms with Crippen molar-refractivity contribution in [2.75, 3.05) is 34.9 Å². The molecule has 0 spiro atoms. The van der Waals surface area contributed by atoms with Crippen molar-refractivity contribution in [2.45, 2.75) is 12.6 Å². The topological polar surface area (TPSA) is 50.8 Å². The molecule has 7 heteroatoms. The second kappa shape index (κ2) is 9.35. The Bertz CT molecular complexity index is 1000. The van der Waals surface area contributed by atoms with Crippen LogP contribution >= 0.6 is 11.3 Å². The fourth-order valence-electron chi connectivity index (χ4n) is 3.41. The number of ether oxygens (including phenoxy) is 2. The highest BCUT2D eigenvalue weighted by Crippen LogP contribution is 2.34. The second-order valence-corrected chi connectivity index (χ2v) is 7.94. The number of amides is 1. The molecule has 1 atom stereocenters. The van der Waals surface area contributed by atoms with Crippen molar-refractivity contribution in [3.05, 3.63) is 64.3 Å². The Morgan fingerprint density at radius 2 is 1.93 bits per heavy atom. The highest BCUT2D eigenvalue weighted by Gasteiger charge is 2.23. The number of nitrogens with zero attached hydrogens (tertiary/aromatic N) is 1. The van der Waals surface area contributed by atoms with Crippen molar-refractivity contribution in [1.29, 1.82) is 0 Å². The minimum absolute atomic E-state index is 0.0768. The first-order chi connectivity index (χ1) is 14.0. The summed E-state index contributed by atoms with van der Waals surface area (Å²) in [5.74, 6) is 0.189. The van der Waals surface area contributed by atoms with Gasteiger partial charge in [-0.2, -0.15) is 0 Å². The number of hydrogen-bond acceptors (Lipinski definition) is 5. The zero-order valence-corrected chi connectivity index (χ0v) is 17.8. The Kier molecular flexibility index (Phi) is 6.84. The van der Waals surface area contributed by atoms with Crippen LogP contribution in [0.15, 0.2) is 42.5 Å². The smallest absolute Gasteiger partial charge is 0.261 e. The molecule has 1 amide bonds. The van der Waals surface area contributed by atoms with E-state index in [2.05, 4.69) is 5.32 Å². The van der Waals surface area contributed by atoms with Crippen LogP contribution in [-0.4, -0.2) is 45.7 Å². The normalized spacial score (nSPS) is 12.3. The minimum Gasteiger partial charge on any atom is -0.496 e. The van der Waals surface area contributed by atoms with E-state index in [4.69, 9.17) is 9.47 Å². The lowest BCUT2D eigenvalue weighted by Gasteiger charge is -2.26. The SMILES string of the molecule is COCc1c(C(=O)NCC(c2ccccc2OC)N(C)C)sc2cccc(F)c12. The predicted molar refractivity (Wildman–Crippen MR) is 114 cm³/mol. The lowest BCUT2D eigenvalue weighted by atomic mass is 10.0. The number of halogens is 1. The second-order valence-electron chi connectivity index (χ2n) is 6.89. The molecule has 0 bridgehead atoms. The zero-order valence-electron chi connectivity index (χ0n) is 17.0. The van der Waals surface area contributed by atoms with Crippen LogP contribution in [0.1, 0.15) is 26.8 Å². The van der Waals surface area contributed by atoms with Crippen LogP contribution in [0.2, 0.25) is 0 Å². The third-order valence-electron chi connectivity index (χ3n) is 4.84. The standard InChI is InChI=1S/C22H25FN2O3S/c1-25(2)17(14-8-5-6-10-18(14)28-4)12-24-22(26)21-15(13-27-3)20-16(23)9-7-11-19(20)29-21/h5-11,17H,12-13H2,1-4H3,(H,24,26). The van der Waals surface area contributed by atoms with Crippen LogP contribution in [0.3, 0.4) is 0 Å². The summed E-state index contributed by atoms with van der Waals surface area (Å²) < 4.78 is 25.8. The van der Waals surface area contributed by atoms with Gasteiger partial charge in [-0.25, -0.2) is 4.39 Å². The Labute approximate surface area is 174 Å². The molecule has 1 aromatic heterocycles. The molecule has 1 unspecified atom stereocenters. The third kappa shape index (κ3) is 4.42. The summed E-state index contributed by atoms with van der Waals surface area (Å²) in [7, 11) is 7.07. The summed E-state index contributed by atoms with van der Waals surface area (Å²) in [5.41, 5.74) is 1.57. The fourth-order valence-corrected chi connectivity index (χ4v) is 4.55. The maximum Gasteiger partial charge on any atom is 0.261 e. The molecule has 1 heterocycles. The molecular weight excluding hydrogens is 391 g/mol. The Morgan fingerprint density at radius 3 is 2.62 bits per heavy atom. The van der Waals surface area contributed by atoms with Crippen LogP contribution in [0.5, 0.6) is 5.75 Å². The van der Waals surface area contributed by atoms with E-state index in [0.717, 1.165) is 16.0 Å². The summed E-state index contributed by atoms with van der Waals surface area (Å²) in [4.78, 5) is 15.5. The van der Waals surface area contributed by atoms with E-state index >= 15 is 0 Å². The van der Waals surface area contributed by atoms with Gasteiger partial charge in [0.1, 0.15) is 11.6 Å². The molecule has 154 valence electrons. The monoisotopic (exact) mass is 416 g/mol. The molecule has 0 saturated heterocycles. The van der Waals surface area contributed by atoms with E-state index in [0.29, 0.717) is 22.4 Å². The molecule has 3 rings (SSSR count). The maximum atomic E-state index is 14.4. The molecule has 29 heavy (non-hydrogen) atoms. The fraction of sp³-hybridized carbons (Fsp3) is 0.318. The van der Waals surface area contributed by atoms with Gasteiger partial charge in [0.25, 0.3) is 5.91 Å². The maximum absolute atomic E-state index is 14.4. The summed E-state index contributed by atoms with van der Waals surface area (Å²) in [6.07, 6.45) is 0. The van der Waals surface area contributed by atoms with Gasteiger partial charge in [0.05, 0.1) is 24.6 Å². The van der Waals surface area contributed by atoms with Crippen LogP contribution in [-0.2, 0) is 11.3 Å². The van der Waals surface area contributed by atoms with Gasteiger partial charge < -0.3 is 19.7 Å². The van der Waals surface area contributed by atoms with Gasteiger partial charge in [0.15, 0.2) is 0 Å². The van der Waals surface area contributed by atoms with E-state index in [9.17, 15) is 9.18 Å². The van der Waals surface area contributed by atoms with Crippen LogP contribution < -0.4 is 10.1 Å². The van der Waals surface area contributed by atoms with Crippen LogP contribution in [0.4, 0.5) is 4.39 Å². The number of fused-ring (bicyclic) bond motifs is 1. The van der Waals surface area contributed by atoms with Crippen LogP contribution in [0.25, 0.3) is 10.1 Å². The number of benzene rings is 2. The van der Waals surface area contributed by atoms with Crippen molar-refractivity contribution in [1.82, 2.24) is 10.2 Å². The number of rotatable bonds is 8.